The Morgan fingerprint density at radius 1 is 1.38 bits per heavy atom. The van der Waals surface area contributed by atoms with Crippen LogP contribution in [0.25, 0.3) is 0 Å². The number of nitrogens with one attached hydrogen (secondary N) is 1. The molecular formula is C12H15BrFN3O3S. The lowest BCUT2D eigenvalue weighted by Gasteiger charge is -2.16. The molecule has 6 nitrogen and oxygen atoms in total. The average molecular weight is 380 g/mol. The summed E-state index contributed by atoms with van der Waals surface area (Å²) in [5.41, 5.74) is 5.66. The Labute approximate surface area is 130 Å². The molecule has 1 fully saturated rings. The summed E-state index contributed by atoms with van der Waals surface area (Å²) in [6.45, 7) is 0.859. The molecule has 1 heterocycles. The molecule has 1 aliphatic rings. The van der Waals surface area contributed by atoms with Gasteiger partial charge in [-0.15, -0.1) is 0 Å². The van der Waals surface area contributed by atoms with Crippen LogP contribution < -0.4 is 10.5 Å². The van der Waals surface area contributed by atoms with E-state index in [1.807, 2.05) is 0 Å². The third kappa shape index (κ3) is 3.72. The van der Waals surface area contributed by atoms with Crippen molar-refractivity contribution in [2.24, 2.45) is 0 Å². The summed E-state index contributed by atoms with van der Waals surface area (Å²) in [6, 6.07) is 1.99. The minimum atomic E-state index is -4.13. The first-order valence-corrected chi connectivity index (χ1v) is 8.61. The van der Waals surface area contributed by atoms with Crippen LogP contribution >= 0.6 is 15.9 Å². The zero-order valence-corrected chi connectivity index (χ0v) is 13.5. The molecule has 0 atom stereocenters. The third-order valence-corrected chi connectivity index (χ3v) is 5.32. The van der Waals surface area contributed by atoms with Gasteiger partial charge in [-0.3, -0.25) is 4.79 Å². The fraction of sp³-hybridized carbons (Fsp3) is 0.417. The van der Waals surface area contributed by atoms with E-state index in [4.69, 9.17) is 5.73 Å². The highest BCUT2D eigenvalue weighted by molar-refractivity contribution is 9.10. The van der Waals surface area contributed by atoms with Crippen molar-refractivity contribution >= 4 is 37.5 Å². The van der Waals surface area contributed by atoms with E-state index < -0.39 is 27.3 Å². The highest BCUT2D eigenvalue weighted by Crippen LogP contribution is 2.25. The highest BCUT2D eigenvalue weighted by atomic mass is 79.9. The van der Waals surface area contributed by atoms with Crippen molar-refractivity contribution in [3.63, 3.8) is 0 Å². The number of benzene rings is 1. The van der Waals surface area contributed by atoms with Gasteiger partial charge in [0.2, 0.25) is 15.9 Å². The van der Waals surface area contributed by atoms with Crippen LogP contribution in [0.3, 0.4) is 0 Å². The number of nitrogen functional groups attached to an aromatic ring is 1. The van der Waals surface area contributed by atoms with Gasteiger partial charge in [0.1, 0.15) is 10.7 Å². The van der Waals surface area contributed by atoms with E-state index in [0.717, 1.165) is 25.0 Å². The predicted molar refractivity (Wildman–Crippen MR) is 79.5 cm³/mol. The van der Waals surface area contributed by atoms with Crippen molar-refractivity contribution in [3.05, 3.63) is 22.4 Å². The van der Waals surface area contributed by atoms with Gasteiger partial charge < -0.3 is 10.6 Å². The Kier molecular flexibility index (Phi) is 4.84. The number of amides is 1. The number of anilines is 1. The molecule has 3 N–H and O–H groups in total. The number of hydrogen-bond acceptors (Lipinski definition) is 4. The molecule has 9 heteroatoms. The molecule has 21 heavy (non-hydrogen) atoms. The summed E-state index contributed by atoms with van der Waals surface area (Å²) >= 11 is 3.01. The van der Waals surface area contributed by atoms with E-state index in [1.165, 1.54) is 0 Å². The van der Waals surface area contributed by atoms with Crippen LogP contribution in [0.2, 0.25) is 0 Å². The largest absolute Gasteiger partial charge is 0.398 e. The number of nitrogens with zero attached hydrogens (tertiary/aromatic N) is 1. The zero-order chi connectivity index (χ0) is 15.6. The topological polar surface area (TPSA) is 92.5 Å². The van der Waals surface area contributed by atoms with Crippen LogP contribution in [0.5, 0.6) is 0 Å². The van der Waals surface area contributed by atoms with E-state index in [2.05, 4.69) is 20.7 Å². The molecule has 1 aromatic carbocycles. The second-order valence-corrected chi connectivity index (χ2v) is 7.31. The number of likely N-dealkylation sites (tertiary alicyclic amines) is 1. The Hall–Kier alpha value is -1.19. The van der Waals surface area contributed by atoms with Crippen molar-refractivity contribution in [1.29, 1.82) is 0 Å². The van der Waals surface area contributed by atoms with Gasteiger partial charge in [-0.2, -0.15) is 0 Å². The maximum atomic E-state index is 13.8. The Morgan fingerprint density at radius 2 is 2.00 bits per heavy atom. The fourth-order valence-corrected chi connectivity index (χ4v) is 3.45. The highest BCUT2D eigenvalue weighted by Gasteiger charge is 2.24. The second kappa shape index (κ2) is 6.29. The van der Waals surface area contributed by atoms with E-state index in [-0.39, 0.29) is 16.1 Å². The number of carbonyl (C=O) groups excluding carboxylic acids is 1. The van der Waals surface area contributed by atoms with Crippen molar-refractivity contribution in [2.75, 3.05) is 25.4 Å². The van der Waals surface area contributed by atoms with Crippen LogP contribution in [0.1, 0.15) is 12.8 Å². The van der Waals surface area contributed by atoms with Gasteiger partial charge in [0.25, 0.3) is 0 Å². The number of carbonyl (C=O) groups is 1. The summed E-state index contributed by atoms with van der Waals surface area (Å²) < 4.78 is 40.2. The number of sulfonamides is 1. The molecule has 116 valence electrons. The van der Waals surface area contributed by atoms with Crippen molar-refractivity contribution in [2.45, 2.75) is 17.7 Å². The number of nitrogens with two attached hydrogens (primary N) is 1. The van der Waals surface area contributed by atoms with E-state index in [1.54, 1.807) is 4.90 Å². The molecule has 0 saturated carbocycles. The first-order chi connectivity index (χ1) is 9.81. The fourth-order valence-electron chi connectivity index (χ4n) is 2.06. The lowest BCUT2D eigenvalue weighted by Crippen LogP contribution is -2.38. The minimum Gasteiger partial charge on any atom is -0.398 e. The molecule has 0 bridgehead atoms. The van der Waals surface area contributed by atoms with Gasteiger partial charge in [-0.25, -0.2) is 17.5 Å². The summed E-state index contributed by atoms with van der Waals surface area (Å²) in [5.74, 6) is -1.25. The summed E-state index contributed by atoms with van der Waals surface area (Å²) in [6.07, 6.45) is 1.83. The van der Waals surface area contributed by atoms with E-state index in [9.17, 15) is 17.6 Å². The lowest BCUT2D eigenvalue weighted by molar-refractivity contribution is -0.128. The number of rotatable bonds is 4. The SMILES string of the molecule is Nc1cc(S(=O)(=O)NCC(=O)N2CCCC2)c(F)cc1Br. The molecule has 2 rings (SSSR count). The number of hydrogen-bond donors (Lipinski definition) is 2. The molecule has 1 aromatic rings. The van der Waals surface area contributed by atoms with E-state index >= 15 is 0 Å². The smallest absolute Gasteiger partial charge is 0.244 e. The summed E-state index contributed by atoms with van der Waals surface area (Å²) in [5, 5.41) is 0. The molecule has 1 amide bonds. The molecule has 0 radical (unpaired) electrons. The first kappa shape index (κ1) is 16.2. The van der Waals surface area contributed by atoms with Gasteiger partial charge >= 0.3 is 0 Å². The molecular weight excluding hydrogens is 365 g/mol. The van der Waals surface area contributed by atoms with Crippen molar-refractivity contribution in [3.8, 4) is 0 Å². The molecule has 0 aromatic heterocycles. The Morgan fingerprint density at radius 3 is 2.62 bits per heavy atom. The second-order valence-electron chi connectivity index (χ2n) is 4.72. The molecule has 0 aliphatic carbocycles. The predicted octanol–water partition coefficient (Wildman–Crippen LogP) is 1.07. The minimum absolute atomic E-state index is 0.0997. The van der Waals surface area contributed by atoms with Gasteiger partial charge in [-0.1, -0.05) is 0 Å². The van der Waals surface area contributed by atoms with Gasteiger partial charge in [0.15, 0.2) is 0 Å². The van der Waals surface area contributed by atoms with Crippen LogP contribution in [-0.4, -0.2) is 38.9 Å². The summed E-state index contributed by atoms with van der Waals surface area (Å²) in [7, 11) is -4.13. The molecule has 1 saturated heterocycles. The number of halogens is 2. The normalized spacial score (nSPS) is 15.4. The zero-order valence-electron chi connectivity index (χ0n) is 11.1. The standard InChI is InChI=1S/C12H15BrFN3O3S/c13-8-5-9(14)11(6-10(8)15)21(19,20)16-7-12(18)17-3-1-2-4-17/h5-6,16H,1-4,7,15H2. The van der Waals surface area contributed by atoms with Gasteiger partial charge in [0.05, 0.1) is 6.54 Å². The van der Waals surface area contributed by atoms with E-state index in [0.29, 0.717) is 13.1 Å². The maximum absolute atomic E-state index is 13.8. The average Bonchev–Trinajstić information content (AvgIpc) is 2.94. The molecule has 1 aliphatic heterocycles. The third-order valence-electron chi connectivity index (χ3n) is 3.21. The van der Waals surface area contributed by atoms with Crippen LogP contribution in [0.15, 0.2) is 21.5 Å². The lowest BCUT2D eigenvalue weighted by atomic mass is 10.3. The van der Waals surface area contributed by atoms with Crippen LogP contribution in [0.4, 0.5) is 10.1 Å². The van der Waals surface area contributed by atoms with Crippen LogP contribution in [-0.2, 0) is 14.8 Å². The van der Waals surface area contributed by atoms with Crippen molar-refractivity contribution in [1.82, 2.24) is 9.62 Å². The first-order valence-electron chi connectivity index (χ1n) is 6.33. The van der Waals surface area contributed by atoms with Gasteiger partial charge in [0, 0.05) is 23.2 Å². The van der Waals surface area contributed by atoms with Crippen molar-refractivity contribution < 1.29 is 17.6 Å². The Balaban J connectivity index is 2.11. The van der Waals surface area contributed by atoms with Crippen LogP contribution in [0, 0.1) is 5.82 Å². The summed E-state index contributed by atoms with van der Waals surface area (Å²) in [4.78, 5) is 12.8. The Bertz CT molecular complexity index is 660. The molecule has 0 unspecified atom stereocenters. The monoisotopic (exact) mass is 379 g/mol. The quantitative estimate of drug-likeness (QED) is 0.765. The maximum Gasteiger partial charge on any atom is 0.244 e. The molecule has 0 spiro atoms. The van der Waals surface area contributed by atoms with Gasteiger partial charge in [-0.05, 0) is 40.9 Å².